The molecule has 1 heterocycles. The number of nitrogens with one attached hydrogen (secondary N) is 1. The van der Waals surface area contributed by atoms with Crippen molar-refractivity contribution in [2.75, 3.05) is 5.32 Å². The molecule has 1 aliphatic carbocycles. The van der Waals surface area contributed by atoms with Crippen molar-refractivity contribution in [2.24, 2.45) is 11.8 Å². The van der Waals surface area contributed by atoms with Crippen LogP contribution in [0.4, 0.5) is 18.9 Å². The van der Waals surface area contributed by atoms with Crippen LogP contribution in [0.25, 0.3) is 0 Å². The van der Waals surface area contributed by atoms with Crippen molar-refractivity contribution in [3.05, 3.63) is 29.3 Å². The average molecular weight is 283 g/mol. The van der Waals surface area contributed by atoms with E-state index in [-0.39, 0.29) is 11.8 Å². The maximum atomic E-state index is 12.8. The number of benzene rings is 1. The molecule has 0 aromatic heterocycles. The summed E-state index contributed by atoms with van der Waals surface area (Å²) < 4.78 is 38.5. The van der Waals surface area contributed by atoms with Crippen molar-refractivity contribution in [3.8, 4) is 0 Å². The Balaban J connectivity index is 2.02. The minimum Gasteiger partial charge on any atom is -0.325 e. The van der Waals surface area contributed by atoms with Gasteiger partial charge in [0.25, 0.3) is 0 Å². The summed E-state index contributed by atoms with van der Waals surface area (Å²) in [4.78, 5) is 12.1. The number of rotatable bonds is 1. The summed E-state index contributed by atoms with van der Waals surface area (Å²) in [6.45, 7) is 2.08. The molecule has 1 aromatic carbocycles. The predicted molar refractivity (Wildman–Crippen MR) is 69.3 cm³/mol. The number of carbonyl (C=O) groups is 1. The number of alkyl halides is 3. The third-order valence-corrected chi connectivity index (χ3v) is 4.61. The van der Waals surface area contributed by atoms with E-state index < -0.39 is 17.7 Å². The molecule has 1 saturated carbocycles. The van der Waals surface area contributed by atoms with E-state index in [0.29, 0.717) is 17.2 Å². The Morgan fingerprint density at radius 1 is 1.25 bits per heavy atom. The zero-order chi connectivity index (χ0) is 14.5. The molecular formula is C15H16F3NO. The van der Waals surface area contributed by atoms with Gasteiger partial charge in [0.05, 0.1) is 11.5 Å². The Labute approximate surface area is 115 Å². The zero-order valence-corrected chi connectivity index (χ0v) is 11.1. The lowest BCUT2D eigenvalue weighted by Gasteiger charge is -2.22. The Kier molecular flexibility index (Phi) is 3.03. The zero-order valence-electron chi connectivity index (χ0n) is 11.1. The number of amides is 1. The van der Waals surface area contributed by atoms with Crippen LogP contribution in [0.2, 0.25) is 0 Å². The molecule has 1 aromatic rings. The Bertz CT molecular complexity index is 553. The predicted octanol–water partition coefficient (Wildman–Crippen LogP) is 4.18. The van der Waals surface area contributed by atoms with E-state index in [1.165, 1.54) is 6.07 Å². The van der Waals surface area contributed by atoms with E-state index in [1.807, 2.05) is 0 Å². The molecule has 3 rings (SSSR count). The highest BCUT2D eigenvalue weighted by Crippen LogP contribution is 2.47. The van der Waals surface area contributed by atoms with Gasteiger partial charge in [-0.3, -0.25) is 4.79 Å². The van der Waals surface area contributed by atoms with E-state index >= 15 is 0 Å². The molecule has 1 fully saturated rings. The van der Waals surface area contributed by atoms with Gasteiger partial charge in [-0.1, -0.05) is 19.8 Å². The first-order valence-electron chi connectivity index (χ1n) is 6.90. The fraction of sp³-hybridized carbons (Fsp3) is 0.533. The number of halogens is 3. The Morgan fingerprint density at radius 3 is 2.60 bits per heavy atom. The van der Waals surface area contributed by atoms with Crippen LogP contribution in [0.1, 0.15) is 43.2 Å². The van der Waals surface area contributed by atoms with Crippen molar-refractivity contribution >= 4 is 11.6 Å². The number of hydrogen-bond donors (Lipinski definition) is 1. The normalized spacial score (nSPS) is 29.4. The first-order valence-corrected chi connectivity index (χ1v) is 6.90. The molecule has 0 saturated heterocycles. The molecule has 20 heavy (non-hydrogen) atoms. The van der Waals surface area contributed by atoms with Gasteiger partial charge in [-0.25, -0.2) is 0 Å². The van der Waals surface area contributed by atoms with Crippen LogP contribution < -0.4 is 5.32 Å². The molecule has 0 radical (unpaired) electrons. The second-order valence-corrected chi connectivity index (χ2v) is 5.84. The summed E-state index contributed by atoms with van der Waals surface area (Å²) in [6.07, 6.45) is -1.37. The molecule has 3 atom stereocenters. The van der Waals surface area contributed by atoms with Crippen molar-refractivity contribution in [3.63, 3.8) is 0 Å². The van der Waals surface area contributed by atoms with Gasteiger partial charge in [0.2, 0.25) is 5.91 Å². The van der Waals surface area contributed by atoms with Crippen molar-refractivity contribution in [1.29, 1.82) is 0 Å². The third-order valence-electron chi connectivity index (χ3n) is 4.61. The fourth-order valence-corrected chi connectivity index (χ4v) is 3.56. The highest BCUT2D eigenvalue weighted by molar-refractivity contribution is 6.03. The molecule has 1 amide bonds. The summed E-state index contributed by atoms with van der Waals surface area (Å²) >= 11 is 0. The van der Waals surface area contributed by atoms with Gasteiger partial charge in [0, 0.05) is 5.69 Å². The molecule has 0 bridgehead atoms. The SMILES string of the molecule is CC1CCCC1C1C(=O)Nc2ccc(C(F)(F)F)cc21. The van der Waals surface area contributed by atoms with Gasteiger partial charge in [-0.2, -0.15) is 13.2 Å². The first-order chi connectivity index (χ1) is 9.38. The molecule has 0 spiro atoms. The number of fused-ring (bicyclic) bond motifs is 1. The standard InChI is InChI=1S/C15H16F3NO/c1-8-3-2-4-10(8)13-11-7-9(15(16,17)18)5-6-12(11)19-14(13)20/h5-8,10,13H,2-4H2,1H3,(H,19,20). The maximum absolute atomic E-state index is 12.8. The van der Waals surface area contributed by atoms with Crippen LogP contribution in [0.5, 0.6) is 0 Å². The van der Waals surface area contributed by atoms with Crippen molar-refractivity contribution in [1.82, 2.24) is 0 Å². The monoisotopic (exact) mass is 283 g/mol. The number of anilines is 1. The summed E-state index contributed by atoms with van der Waals surface area (Å²) in [5, 5.41) is 2.72. The van der Waals surface area contributed by atoms with E-state index in [0.717, 1.165) is 31.4 Å². The summed E-state index contributed by atoms with van der Waals surface area (Å²) in [5.41, 5.74) is 0.374. The van der Waals surface area contributed by atoms with Gasteiger partial charge < -0.3 is 5.32 Å². The smallest absolute Gasteiger partial charge is 0.325 e. The Morgan fingerprint density at radius 2 is 2.00 bits per heavy atom. The summed E-state index contributed by atoms with van der Waals surface area (Å²) in [6, 6.07) is 3.54. The quantitative estimate of drug-likeness (QED) is 0.823. The molecule has 1 N–H and O–H groups in total. The van der Waals surface area contributed by atoms with Gasteiger partial charge in [0.1, 0.15) is 0 Å². The topological polar surface area (TPSA) is 29.1 Å². The van der Waals surface area contributed by atoms with Crippen molar-refractivity contribution in [2.45, 2.75) is 38.3 Å². The van der Waals surface area contributed by atoms with Crippen LogP contribution in [-0.2, 0) is 11.0 Å². The van der Waals surface area contributed by atoms with Crippen molar-refractivity contribution < 1.29 is 18.0 Å². The molecule has 1 aliphatic heterocycles. The molecule has 5 heteroatoms. The summed E-state index contributed by atoms with van der Waals surface area (Å²) in [5.74, 6) is -0.0474. The lowest BCUT2D eigenvalue weighted by molar-refractivity contribution is -0.137. The maximum Gasteiger partial charge on any atom is 0.416 e. The Hall–Kier alpha value is -1.52. The minimum absolute atomic E-state index is 0.153. The summed E-state index contributed by atoms with van der Waals surface area (Å²) in [7, 11) is 0. The second kappa shape index (κ2) is 4.50. The van der Waals surface area contributed by atoms with E-state index in [2.05, 4.69) is 12.2 Å². The molecule has 2 nitrogen and oxygen atoms in total. The van der Waals surface area contributed by atoms with Crippen LogP contribution in [0.3, 0.4) is 0 Å². The van der Waals surface area contributed by atoms with Gasteiger partial charge >= 0.3 is 6.18 Å². The molecule has 108 valence electrons. The lowest BCUT2D eigenvalue weighted by Crippen LogP contribution is -2.22. The van der Waals surface area contributed by atoms with E-state index in [9.17, 15) is 18.0 Å². The largest absolute Gasteiger partial charge is 0.416 e. The number of hydrogen-bond acceptors (Lipinski definition) is 1. The van der Waals surface area contributed by atoms with Crippen LogP contribution in [0.15, 0.2) is 18.2 Å². The number of carbonyl (C=O) groups excluding carboxylic acids is 1. The van der Waals surface area contributed by atoms with Gasteiger partial charge in [-0.05, 0) is 42.0 Å². The average Bonchev–Trinajstić information content (AvgIpc) is 2.89. The van der Waals surface area contributed by atoms with Gasteiger partial charge in [0.15, 0.2) is 0 Å². The van der Waals surface area contributed by atoms with Crippen LogP contribution >= 0.6 is 0 Å². The molecule has 3 unspecified atom stereocenters. The molecular weight excluding hydrogens is 267 g/mol. The fourth-order valence-electron chi connectivity index (χ4n) is 3.56. The minimum atomic E-state index is -4.37. The van der Waals surface area contributed by atoms with Crippen LogP contribution in [-0.4, -0.2) is 5.91 Å². The second-order valence-electron chi connectivity index (χ2n) is 5.84. The highest BCUT2D eigenvalue weighted by Gasteiger charge is 2.42. The first kappa shape index (κ1) is 13.5. The lowest BCUT2D eigenvalue weighted by atomic mass is 9.81. The third kappa shape index (κ3) is 2.09. The molecule has 2 aliphatic rings. The highest BCUT2D eigenvalue weighted by atomic mass is 19.4. The van der Waals surface area contributed by atoms with E-state index in [4.69, 9.17) is 0 Å². The van der Waals surface area contributed by atoms with E-state index in [1.54, 1.807) is 0 Å². The van der Waals surface area contributed by atoms with Crippen LogP contribution in [0, 0.1) is 11.8 Å². The van der Waals surface area contributed by atoms with Gasteiger partial charge in [-0.15, -0.1) is 0 Å².